The van der Waals surface area contributed by atoms with Crippen LogP contribution in [0.25, 0.3) is 32.6 Å². The second-order valence-corrected chi connectivity index (χ2v) is 4.98. The highest BCUT2D eigenvalue weighted by molar-refractivity contribution is 6.18. The van der Waals surface area contributed by atoms with E-state index in [9.17, 15) is 5.11 Å². The Morgan fingerprint density at radius 3 is 2.21 bits per heavy atom. The molecule has 92 valence electrons. The van der Waals surface area contributed by atoms with Crippen LogP contribution in [0.2, 0.25) is 0 Å². The first-order valence-corrected chi connectivity index (χ1v) is 6.37. The molecule has 0 unspecified atom stereocenters. The van der Waals surface area contributed by atoms with Crippen LogP contribution >= 0.6 is 0 Å². The molecule has 2 nitrogen and oxygen atoms in total. The van der Waals surface area contributed by atoms with Crippen LogP contribution in [0.3, 0.4) is 0 Å². The quantitative estimate of drug-likeness (QED) is 0.472. The Morgan fingerprint density at radius 2 is 1.37 bits per heavy atom. The molecule has 19 heavy (non-hydrogen) atoms. The maximum absolute atomic E-state index is 9.95. The Balaban J connectivity index is 2.32. The number of aromatic amines is 1. The molecule has 0 bridgehead atoms. The average molecular weight is 247 g/mol. The zero-order valence-electron chi connectivity index (χ0n) is 10.6. The molecule has 0 spiro atoms. The van der Waals surface area contributed by atoms with Gasteiger partial charge in [0.15, 0.2) is 0 Å². The van der Waals surface area contributed by atoms with Crippen molar-refractivity contribution < 1.29 is 5.11 Å². The Bertz CT molecular complexity index is 934. The van der Waals surface area contributed by atoms with Gasteiger partial charge in [-0.3, -0.25) is 0 Å². The van der Waals surface area contributed by atoms with Crippen LogP contribution in [0.4, 0.5) is 0 Å². The van der Waals surface area contributed by atoms with Gasteiger partial charge < -0.3 is 10.1 Å². The number of aryl methyl sites for hydroxylation is 1. The van der Waals surface area contributed by atoms with Crippen molar-refractivity contribution in [1.82, 2.24) is 4.98 Å². The normalized spacial score (nSPS) is 11.6. The summed E-state index contributed by atoms with van der Waals surface area (Å²) in [4.78, 5) is 3.51. The lowest BCUT2D eigenvalue weighted by Crippen LogP contribution is -1.76. The van der Waals surface area contributed by atoms with Crippen molar-refractivity contribution in [2.75, 3.05) is 0 Å². The van der Waals surface area contributed by atoms with Gasteiger partial charge in [0.1, 0.15) is 5.75 Å². The van der Waals surface area contributed by atoms with Crippen LogP contribution in [-0.2, 0) is 0 Å². The summed E-state index contributed by atoms with van der Waals surface area (Å²) in [5, 5.41) is 14.3. The Morgan fingerprint density at radius 1 is 0.737 bits per heavy atom. The summed E-state index contributed by atoms with van der Waals surface area (Å²) in [6, 6.07) is 16.0. The van der Waals surface area contributed by atoms with E-state index >= 15 is 0 Å². The fourth-order valence-corrected chi connectivity index (χ4v) is 2.88. The van der Waals surface area contributed by atoms with E-state index in [1.165, 1.54) is 21.9 Å². The lowest BCUT2D eigenvalue weighted by molar-refractivity contribution is 0.481. The number of nitrogens with one attached hydrogen (secondary N) is 1. The van der Waals surface area contributed by atoms with Gasteiger partial charge in [-0.1, -0.05) is 36.4 Å². The second kappa shape index (κ2) is 3.51. The zero-order valence-corrected chi connectivity index (χ0v) is 10.6. The van der Waals surface area contributed by atoms with Gasteiger partial charge in [-0.05, 0) is 24.6 Å². The summed E-state index contributed by atoms with van der Waals surface area (Å²) in [5.41, 5.74) is 3.51. The summed E-state index contributed by atoms with van der Waals surface area (Å²) >= 11 is 0. The second-order valence-electron chi connectivity index (χ2n) is 4.98. The lowest BCUT2D eigenvalue weighted by atomic mass is 10.0. The monoisotopic (exact) mass is 247 g/mol. The molecule has 0 saturated carbocycles. The van der Waals surface area contributed by atoms with Crippen LogP contribution in [0, 0.1) is 6.92 Å². The van der Waals surface area contributed by atoms with Crippen LogP contribution in [0.1, 0.15) is 5.56 Å². The van der Waals surface area contributed by atoms with Gasteiger partial charge in [0.2, 0.25) is 0 Å². The molecule has 2 heteroatoms. The van der Waals surface area contributed by atoms with E-state index in [1.807, 2.05) is 18.2 Å². The topological polar surface area (TPSA) is 36.0 Å². The SMILES string of the molecule is Cc1cccc2c1[nH]c1c3cccc(O)c3ccc21. The molecule has 0 radical (unpaired) electrons. The third kappa shape index (κ3) is 1.31. The van der Waals surface area contributed by atoms with E-state index in [0.717, 1.165) is 16.3 Å². The average Bonchev–Trinajstić information content (AvgIpc) is 2.80. The third-order valence-corrected chi connectivity index (χ3v) is 3.85. The summed E-state index contributed by atoms with van der Waals surface area (Å²) in [6.07, 6.45) is 0. The molecule has 0 aliphatic rings. The van der Waals surface area contributed by atoms with Gasteiger partial charge in [-0.15, -0.1) is 0 Å². The van der Waals surface area contributed by atoms with Crippen molar-refractivity contribution in [3.05, 3.63) is 54.1 Å². The van der Waals surface area contributed by atoms with E-state index in [0.29, 0.717) is 5.75 Å². The van der Waals surface area contributed by atoms with Crippen LogP contribution in [0.5, 0.6) is 5.75 Å². The summed E-state index contributed by atoms with van der Waals surface area (Å²) < 4.78 is 0. The number of para-hydroxylation sites is 1. The minimum atomic E-state index is 0.328. The molecule has 4 rings (SSSR count). The first-order chi connectivity index (χ1) is 9.25. The van der Waals surface area contributed by atoms with Gasteiger partial charge in [-0.2, -0.15) is 0 Å². The minimum absolute atomic E-state index is 0.328. The summed E-state index contributed by atoms with van der Waals surface area (Å²) in [7, 11) is 0. The molecule has 3 aromatic carbocycles. The number of rotatable bonds is 0. The molecule has 1 aromatic heterocycles. The lowest BCUT2D eigenvalue weighted by Gasteiger charge is -2.01. The number of fused-ring (bicyclic) bond motifs is 5. The first-order valence-electron chi connectivity index (χ1n) is 6.37. The number of hydrogen-bond donors (Lipinski definition) is 2. The van der Waals surface area contributed by atoms with E-state index in [1.54, 1.807) is 6.07 Å². The number of hydrogen-bond acceptors (Lipinski definition) is 1. The highest BCUT2D eigenvalue weighted by Crippen LogP contribution is 2.35. The maximum Gasteiger partial charge on any atom is 0.123 e. The van der Waals surface area contributed by atoms with Gasteiger partial charge in [0, 0.05) is 27.1 Å². The molecule has 0 atom stereocenters. The Labute approximate surface area is 110 Å². The Kier molecular flexibility index (Phi) is 1.93. The Hall–Kier alpha value is -2.48. The van der Waals surface area contributed by atoms with Crippen molar-refractivity contribution in [3.8, 4) is 5.75 Å². The van der Waals surface area contributed by atoms with Crippen molar-refractivity contribution in [1.29, 1.82) is 0 Å². The van der Waals surface area contributed by atoms with E-state index in [4.69, 9.17) is 0 Å². The largest absolute Gasteiger partial charge is 0.507 e. The van der Waals surface area contributed by atoms with Gasteiger partial charge >= 0.3 is 0 Å². The summed E-state index contributed by atoms with van der Waals surface area (Å²) in [6.45, 7) is 2.11. The third-order valence-electron chi connectivity index (χ3n) is 3.85. The highest BCUT2D eigenvalue weighted by Gasteiger charge is 2.09. The molecule has 0 aliphatic carbocycles. The fraction of sp³-hybridized carbons (Fsp3) is 0.0588. The molecule has 4 aromatic rings. The minimum Gasteiger partial charge on any atom is -0.507 e. The number of phenols is 1. The number of phenolic OH excluding ortho intramolecular Hbond substituents is 1. The molecule has 2 N–H and O–H groups in total. The molecule has 0 fully saturated rings. The molecule has 0 aliphatic heterocycles. The molecular formula is C17H13NO. The number of aromatic hydroxyl groups is 1. The van der Waals surface area contributed by atoms with Gasteiger partial charge in [0.25, 0.3) is 0 Å². The molecule has 0 amide bonds. The molecule has 1 heterocycles. The standard InChI is InChI=1S/C17H13NO/c1-10-4-2-5-13-14-9-8-11-12(6-3-7-15(11)19)17(14)18-16(10)13/h2-9,18-19H,1H3. The van der Waals surface area contributed by atoms with Crippen molar-refractivity contribution in [2.45, 2.75) is 6.92 Å². The number of aromatic nitrogens is 1. The van der Waals surface area contributed by atoms with Crippen LogP contribution < -0.4 is 0 Å². The van der Waals surface area contributed by atoms with E-state index in [-0.39, 0.29) is 0 Å². The summed E-state index contributed by atoms with van der Waals surface area (Å²) in [5.74, 6) is 0.328. The van der Waals surface area contributed by atoms with Crippen LogP contribution in [-0.4, -0.2) is 10.1 Å². The zero-order chi connectivity index (χ0) is 13.0. The van der Waals surface area contributed by atoms with Crippen molar-refractivity contribution >= 4 is 32.6 Å². The molecular weight excluding hydrogens is 234 g/mol. The van der Waals surface area contributed by atoms with Gasteiger partial charge in [0.05, 0.1) is 5.52 Å². The smallest absolute Gasteiger partial charge is 0.123 e. The number of benzene rings is 3. The van der Waals surface area contributed by atoms with Gasteiger partial charge in [-0.25, -0.2) is 0 Å². The van der Waals surface area contributed by atoms with Crippen molar-refractivity contribution in [2.24, 2.45) is 0 Å². The maximum atomic E-state index is 9.95. The predicted octanol–water partition coefficient (Wildman–Crippen LogP) is 4.49. The number of H-pyrrole nitrogens is 1. The highest BCUT2D eigenvalue weighted by atomic mass is 16.3. The predicted molar refractivity (Wildman–Crippen MR) is 79.7 cm³/mol. The van der Waals surface area contributed by atoms with Crippen LogP contribution in [0.15, 0.2) is 48.5 Å². The van der Waals surface area contributed by atoms with Crippen molar-refractivity contribution in [3.63, 3.8) is 0 Å². The van der Waals surface area contributed by atoms with E-state index in [2.05, 4.69) is 36.2 Å². The first kappa shape index (κ1) is 10.4. The molecule has 0 saturated heterocycles. The van der Waals surface area contributed by atoms with E-state index < -0.39 is 0 Å². The fourth-order valence-electron chi connectivity index (χ4n) is 2.88.